The van der Waals surface area contributed by atoms with Gasteiger partial charge in [-0.2, -0.15) is 0 Å². The number of likely N-dealkylation sites (N-methyl/N-ethyl adjacent to an activating group) is 1. The van der Waals surface area contributed by atoms with Crippen molar-refractivity contribution in [1.29, 1.82) is 0 Å². The van der Waals surface area contributed by atoms with Gasteiger partial charge in [-0.15, -0.1) is 11.3 Å². The van der Waals surface area contributed by atoms with Gasteiger partial charge in [-0.1, -0.05) is 6.07 Å². The Bertz CT molecular complexity index is 941. The van der Waals surface area contributed by atoms with Crippen molar-refractivity contribution in [2.45, 2.75) is 6.04 Å². The van der Waals surface area contributed by atoms with Crippen molar-refractivity contribution >= 4 is 23.2 Å². The molecule has 2 N–H and O–H groups in total. The third-order valence-corrected chi connectivity index (χ3v) is 4.39. The highest BCUT2D eigenvalue weighted by atomic mass is 32.1. The van der Waals surface area contributed by atoms with Gasteiger partial charge < -0.3 is 15.1 Å². The molecule has 2 aromatic heterocycles. The molecule has 0 bridgehead atoms. The fourth-order valence-electron chi connectivity index (χ4n) is 2.23. The number of nitrogens with zero attached hydrogens (tertiary/aromatic N) is 1. The molecule has 1 aromatic carbocycles. The number of furan rings is 1. The summed E-state index contributed by atoms with van der Waals surface area (Å²) in [7, 11) is 1.37. The lowest BCUT2D eigenvalue weighted by atomic mass is 10.1. The Labute approximate surface area is 150 Å². The molecule has 134 valence electrons. The first kappa shape index (κ1) is 17.7. The average Bonchev–Trinajstić information content (AvgIpc) is 3.32. The number of aromatic nitrogens is 1. The van der Waals surface area contributed by atoms with Crippen molar-refractivity contribution in [3.8, 4) is 10.8 Å². The highest BCUT2D eigenvalue weighted by Gasteiger charge is 2.25. The standard InChI is InChI=1S/C17H13F2N3O3S/c1-20-16(24)14(9-4-5-10(18)11(19)7-9)22-15(23)12-8-26-17(21-12)13-3-2-6-25-13/h2-8,14H,1H3,(H,20,24)(H,22,23). The van der Waals surface area contributed by atoms with E-state index < -0.39 is 29.5 Å². The number of hydrogen-bond donors (Lipinski definition) is 2. The normalized spacial score (nSPS) is 11.8. The highest BCUT2D eigenvalue weighted by molar-refractivity contribution is 7.13. The molecule has 6 nitrogen and oxygen atoms in total. The maximum Gasteiger partial charge on any atom is 0.271 e. The monoisotopic (exact) mass is 377 g/mol. The van der Waals surface area contributed by atoms with Crippen LogP contribution in [0.5, 0.6) is 0 Å². The van der Waals surface area contributed by atoms with Crippen molar-refractivity contribution in [2.75, 3.05) is 7.05 Å². The minimum Gasteiger partial charge on any atom is -0.462 e. The molecule has 3 aromatic rings. The molecular weight excluding hydrogens is 364 g/mol. The molecule has 0 radical (unpaired) electrons. The maximum atomic E-state index is 13.5. The summed E-state index contributed by atoms with van der Waals surface area (Å²) in [4.78, 5) is 28.7. The fraction of sp³-hybridized carbons (Fsp3) is 0.118. The van der Waals surface area contributed by atoms with Crippen molar-refractivity contribution in [2.24, 2.45) is 0 Å². The smallest absolute Gasteiger partial charge is 0.271 e. The van der Waals surface area contributed by atoms with E-state index in [1.165, 1.54) is 36.1 Å². The van der Waals surface area contributed by atoms with E-state index in [0.29, 0.717) is 10.8 Å². The molecule has 0 spiro atoms. The average molecular weight is 377 g/mol. The predicted molar refractivity (Wildman–Crippen MR) is 90.4 cm³/mol. The van der Waals surface area contributed by atoms with Crippen LogP contribution in [0, 0.1) is 11.6 Å². The number of hydrogen-bond acceptors (Lipinski definition) is 5. The third kappa shape index (κ3) is 3.62. The third-order valence-electron chi connectivity index (χ3n) is 3.53. The van der Waals surface area contributed by atoms with Crippen molar-refractivity contribution in [1.82, 2.24) is 15.6 Å². The molecule has 0 fully saturated rings. The van der Waals surface area contributed by atoms with Crippen LogP contribution in [0.3, 0.4) is 0 Å². The summed E-state index contributed by atoms with van der Waals surface area (Å²) in [5, 5.41) is 6.88. The zero-order chi connectivity index (χ0) is 18.7. The van der Waals surface area contributed by atoms with Crippen LogP contribution >= 0.6 is 11.3 Å². The molecule has 26 heavy (non-hydrogen) atoms. The van der Waals surface area contributed by atoms with Crippen LogP contribution in [0.25, 0.3) is 10.8 Å². The first-order chi connectivity index (χ1) is 12.5. The molecule has 0 aliphatic heterocycles. The summed E-state index contributed by atoms with van der Waals surface area (Å²) in [5.41, 5.74) is 0.191. The van der Waals surface area contributed by atoms with Crippen LogP contribution in [0.4, 0.5) is 8.78 Å². The molecular formula is C17H13F2N3O3S. The Morgan fingerprint density at radius 2 is 2.04 bits per heavy atom. The number of thiazole rings is 1. The van der Waals surface area contributed by atoms with Gasteiger partial charge in [0.25, 0.3) is 5.91 Å². The zero-order valence-electron chi connectivity index (χ0n) is 13.5. The van der Waals surface area contributed by atoms with E-state index in [1.807, 2.05) is 0 Å². The number of carbonyl (C=O) groups excluding carboxylic acids is 2. The Morgan fingerprint density at radius 3 is 2.69 bits per heavy atom. The summed E-state index contributed by atoms with van der Waals surface area (Å²) in [6.45, 7) is 0. The van der Waals surface area contributed by atoms with Crippen LogP contribution in [0.15, 0.2) is 46.4 Å². The number of carbonyl (C=O) groups is 2. The second-order valence-electron chi connectivity index (χ2n) is 5.21. The quantitative estimate of drug-likeness (QED) is 0.716. The van der Waals surface area contributed by atoms with Gasteiger partial charge in [0.15, 0.2) is 22.4 Å². The molecule has 2 heterocycles. The SMILES string of the molecule is CNC(=O)C(NC(=O)c1csc(-c2ccco2)n1)c1ccc(F)c(F)c1. The van der Waals surface area contributed by atoms with Gasteiger partial charge in [-0.05, 0) is 29.8 Å². The first-order valence-corrected chi connectivity index (χ1v) is 8.34. The van der Waals surface area contributed by atoms with Gasteiger partial charge in [0.1, 0.15) is 11.7 Å². The van der Waals surface area contributed by atoms with E-state index in [1.54, 1.807) is 12.1 Å². The van der Waals surface area contributed by atoms with Crippen LogP contribution in [0.1, 0.15) is 22.1 Å². The maximum absolute atomic E-state index is 13.5. The molecule has 9 heteroatoms. The molecule has 0 saturated carbocycles. The fourth-order valence-corrected chi connectivity index (χ4v) is 3.00. The number of halogens is 2. The summed E-state index contributed by atoms with van der Waals surface area (Å²) in [6.07, 6.45) is 1.49. The molecule has 0 aliphatic rings. The Hall–Kier alpha value is -3.07. The lowest BCUT2D eigenvalue weighted by Gasteiger charge is -2.17. The van der Waals surface area contributed by atoms with E-state index in [0.717, 1.165) is 12.1 Å². The van der Waals surface area contributed by atoms with E-state index in [2.05, 4.69) is 15.6 Å². The van der Waals surface area contributed by atoms with Gasteiger partial charge in [0.2, 0.25) is 5.91 Å². The van der Waals surface area contributed by atoms with E-state index in [9.17, 15) is 18.4 Å². The molecule has 1 atom stereocenters. The Morgan fingerprint density at radius 1 is 1.23 bits per heavy atom. The largest absolute Gasteiger partial charge is 0.462 e. The lowest BCUT2D eigenvalue weighted by Crippen LogP contribution is -2.39. The minimum absolute atomic E-state index is 0.0814. The molecule has 3 rings (SSSR count). The van der Waals surface area contributed by atoms with Crippen molar-refractivity contribution in [3.05, 3.63) is 64.9 Å². The number of nitrogens with one attached hydrogen (secondary N) is 2. The van der Waals surface area contributed by atoms with Gasteiger partial charge in [-0.25, -0.2) is 13.8 Å². The van der Waals surface area contributed by atoms with Crippen molar-refractivity contribution in [3.63, 3.8) is 0 Å². The lowest BCUT2D eigenvalue weighted by molar-refractivity contribution is -0.122. The minimum atomic E-state index is -1.20. The van der Waals surface area contributed by atoms with Crippen LogP contribution in [-0.4, -0.2) is 23.8 Å². The number of amides is 2. The van der Waals surface area contributed by atoms with E-state index in [4.69, 9.17) is 4.42 Å². The van der Waals surface area contributed by atoms with E-state index >= 15 is 0 Å². The zero-order valence-corrected chi connectivity index (χ0v) is 14.3. The van der Waals surface area contributed by atoms with E-state index in [-0.39, 0.29) is 11.3 Å². The van der Waals surface area contributed by atoms with Crippen LogP contribution < -0.4 is 10.6 Å². The van der Waals surface area contributed by atoms with Gasteiger partial charge in [0, 0.05) is 12.4 Å². The Balaban J connectivity index is 1.83. The Kier molecular flexibility index (Phi) is 5.08. The summed E-state index contributed by atoms with van der Waals surface area (Å²) in [6, 6.07) is 5.19. The molecule has 0 saturated heterocycles. The second-order valence-corrected chi connectivity index (χ2v) is 6.07. The first-order valence-electron chi connectivity index (χ1n) is 7.46. The topological polar surface area (TPSA) is 84.2 Å². The van der Waals surface area contributed by atoms with Crippen LogP contribution in [-0.2, 0) is 4.79 Å². The van der Waals surface area contributed by atoms with Gasteiger partial charge in [-0.3, -0.25) is 9.59 Å². The second kappa shape index (κ2) is 7.44. The molecule has 2 amide bonds. The summed E-state index contributed by atoms with van der Waals surface area (Å²) < 4.78 is 31.8. The number of rotatable bonds is 5. The van der Waals surface area contributed by atoms with Gasteiger partial charge in [0.05, 0.1) is 6.26 Å². The predicted octanol–water partition coefficient (Wildman–Crippen LogP) is 2.90. The molecule has 1 unspecified atom stereocenters. The number of benzene rings is 1. The highest BCUT2D eigenvalue weighted by Crippen LogP contribution is 2.24. The summed E-state index contributed by atoms with van der Waals surface area (Å²) >= 11 is 1.20. The van der Waals surface area contributed by atoms with Gasteiger partial charge >= 0.3 is 0 Å². The van der Waals surface area contributed by atoms with Crippen molar-refractivity contribution < 1.29 is 22.8 Å². The summed E-state index contributed by atoms with van der Waals surface area (Å²) in [5.74, 6) is -2.85. The molecule has 0 aliphatic carbocycles. The van der Waals surface area contributed by atoms with Crippen LogP contribution in [0.2, 0.25) is 0 Å².